The Labute approximate surface area is 128 Å². The van der Waals surface area contributed by atoms with Crippen LogP contribution in [0.3, 0.4) is 0 Å². The van der Waals surface area contributed by atoms with E-state index in [0.717, 1.165) is 5.82 Å². The smallest absolute Gasteiger partial charge is 0.340 e. The molecule has 1 aliphatic rings. The van der Waals surface area contributed by atoms with Crippen LogP contribution in [0.1, 0.15) is 30.1 Å². The Bertz CT molecular complexity index is 671. The fourth-order valence-corrected chi connectivity index (χ4v) is 2.04. The molecule has 0 saturated heterocycles. The number of hydrogen-bond acceptors (Lipinski definition) is 6. The van der Waals surface area contributed by atoms with Crippen LogP contribution in [-0.4, -0.2) is 28.6 Å². The second kappa shape index (κ2) is 6.43. The lowest BCUT2D eigenvalue weighted by molar-refractivity contribution is 0.0527. The SMILES string of the molecule is CCOC(=O)c1ccccc1Nc1nccc(NC2CC2)n1. The van der Waals surface area contributed by atoms with Crippen LogP contribution in [0, 0.1) is 0 Å². The quantitative estimate of drug-likeness (QED) is 0.798. The summed E-state index contributed by atoms with van der Waals surface area (Å²) >= 11 is 0. The molecule has 3 rings (SSSR count). The fourth-order valence-electron chi connectivity index (χ4n) is 2.04. The molecule has 6 heteroatoms. The van der Waals surface area contributed by atoms with E-state index in [1.54, 1.807) is 31.3 Å². The normalized spacial score (nSPS) is 13.5. The number of ether oxygens (including phenoxy) is 1. The highest BCUT2D eigenvalue weighted by atomic mass is 16.5. The van der Waals surface area contributed by atoms with Crippen LogP contribution in [0.4, 0.5) is 17.5 Å². The largest absolute Gasteiger partial charge is 0.462 e. The highest BCUT2D eigenvalue weighted by Gasteiger charge is 2.21. The molecule has 0 atom stereocenters. The molecule has 2 aromatic rings. The van der Waals surface area contributed by atoms with Gasteiger partial charge in [-0.25, -0.2) is 9.78 Å². The number of nitrogens with one attached hydrogen (secondary N) is 2. The third kappa shape index (κ3) is 3.52. The summed E-state index contributed by atoms with van der Waals surface area (Å²) in [6, 6.07) is 9.51. The average molecular weight is 298 g/mol. The number of para-hydroxylation sites is 1. The second-order valence-corrected chi connectivity index (χ2v) is 5.08. The van der Waals surface area contributed by atoms with Crippen molar-refractivity contribution >= 4 is 23.4 Å². The molecule has 0 aliphatic heterocycles. The highest BCUT2D eigenvalue weighted by molar-refractivity contribution is 5.96. The Morgan fingerprint density at radius 3 is 2.91 bits per heavy atom. The fraction of sp³-hybridized carbons (Fsp3) is 0.312. The van der Waals surface area contributed by atoms with Crippen LogP contribution in [-0.2, 0) is 4.74 Å². The molecule has 0 unspecified atom stereocenters. The molecule has 114 valence electrons. The van der Waals surface area contributed by atoms with E-state index in [1.165, 1.54) is 12.8 Å². The molecule has 22 heavy (non-hydrogen) atoms. The van der Waals surface area contributed by atoms with Crippen LogP contribution >= 0.6 is 0 Å². The first-order valence-corrected chi connectivity index (χ1v) is 7.39. The molecule has 1 aromatic carbocycles. The molecule has 0 radical (unpaired) electrons. The number of carbonyl (C=O) groups is 1. The van der Waals surface area contributed by atoms with Crippen molar-refractivity contribution in [2.24, 2.45) is 0 Å². The minimum Gasteiger partial charge on any atom is -0.462 e. The van der Waals surface area contributed by atoms with Gasteiger partial charge in [-0.05, 0) is 38.0 Å². The Morgan fingerprint density at radius 2 is 2.14 bits per heavy atom. The zero-order chi connectivity index (χ0) is 15.4. The van der Waals surface area contributed by atoms with Crippen molar-refractivity contribution in [3.63, 3.8) is 0 Å². The molecular formula is C16H18N4O2. The number of aromatic nitrogens is 2. The summed E-state index contributed by atoms with van der Waals surface area (Å²) in [6.45, 7) is 2.12. The van der Waals surface area contributed by atoms with E-state index in [-0.39, 0.29) is 5.97 Å². The van der Waals surface area contributed by atoms with Crippen LogP contribution in [0.15, 0.2) is 36.5 Å². The van der Waals surface area contributed by atoms with Crippen LogP contribution in [0.2, 0.25) is 0 Å². The van der Waals surface area contributed by atoms with Gasteiger partial charge in [0.2, 0.25) is 5.95 Å². The van der Waals surface area contributed by atoms with Gasteiger partial charge in [-0.1, -0.05) is 12.1 Å². The predicted octanol–water partition coefficient (Wildman–Crippen LogP) is 2.97. The maximum atomic E-state index is 12.0. The summed E-state index contributed by atoms with van der Waals surface area (Å²) in [6.07, 6.45) is 4.05. The van der Waals surface area contributed by atoms with Gasteiger partial charge >= 0.3 is 5.97 Å². The zero-order valence-corrected chi connectivity index (χ0v) is 12.4. The van der Waals surface area contributed by atoms with Crippen LogP contribution in [0.25, 0.3) is 0 Å². The predicted molar refractivity (Wildman–Crippen MR) is 84.4 cm³/mol. The van der Waals surface area contributed by atoms with E-state index in [1.807, 2.05) is 12.1 Å². The van der Waals surface area contributed by atoms with Crippen molar-refractivity contribution in [3.8, 4) is 0 Å². The van der Waals surface area contributed by atoms with Crippen LogP contribution < -0.4 is 10.6 Å². The molecule has 0 amide bonds. The van der Waals surface area contributed by atoms with Crippen molar-refractivity contribution < 1.29 is 9.53 Å². The lowest BCUT2D eigenvalue weighted by Crippen LogP contribution is -2.09. The first-order chi connectivity index (χ1) is 10.8. The molecule has 1 saturated carbocycles. The van der Waals surface area contributed by atoms with Crippen LogP contribution in [0.5, 0.6) is 0 Å². The van der Waals surface area contributed by atoms with Gasteiger partial charge in [-0.15, -0.1) is 0 Å². The van der Waals surface area contributed by atoms with Crippen molar-refractivity contribution in [3.05, 3.63) is 42.1 Å². The van der Waals surface area contributed by atoms with Crippen molar-refractivity contribution in [1.82, 2.24) is 9.97 Å². The van der Waals surface area contributed by atoms with E-state index in [4.69, 9.17) is 4.74 Å². The number of hydrogen-bond donors (Lipinski definition) is 2. The number of rotatable bonds is 6. The number of carbonyl (C=O) groups excluding carboxylic acids is 1. The van der Waals surface area contributed by atoms with Gasteiger partial charge in [0.15, 0.2) is 0 Å². The van der Waals surface area contributed by atoms with Gasteiger partial charge in [0.1, 0.15) is 5.82 Å². The summed E-state index contributed by atoms with van der Waals surface area (Å²) in [7, 11) is 0. The molecule has 1 heterocycles. The first kappa shape index (κ1) is 14.3. The summed E-state index contributed by atoms with van der Waals surface area (Å²) in [4.78, 5) is 20.6. The summed E-state index contributed by atoms with van der Waals surface area (Å²) in [5.41, 5.74) is 1.10. The van der Waals surface area contributed by atoms with Gasteiger partial charge in [0, 0.05) is 12.2 Å². The minimum atomic E-state index is -0.363. The lowest BCUT2D eigenvalue weighted by atomic mass is 10.2. The summed E-state index contributed by atoms with van der Waals surface area (Å²) in [5, 5.41) is 6.40. The third-order valence-corrected chi connectivity index (χ3v) is 3.25. The summed E-state index contributed by atoms with van der Waals surface area (Å²) in [5.74, 6) is 0.869. The van der Waals surface area contributed by atoms with E-state index in [9.17, 15) is 4.79 Å². The van der Waals surface area contributed by atoms with E-state index >= 15 is 0 Å². The van der Waals surface area contributed by atoms with Gasteiger partial charge in [0.25, 0.3) is 0 Å². The number of esters is 1. The monoisotopic (exact) mass is 298 g/mol. The molecule has 6 nitrogen and oxygen atoms in total. The Balaban J connectivity index is 1.79. The molecule has 1 aromatic heterocycles. The van der Waals surface area contributed by atoms with Gasteiger partial charge in [-0.3, -0.25) is 0 Å². The maximum Gasteiger partial charge on any atom is 0.340 e. The maximum absolute atomic E-state index is 12.0. The summed E-state index contributed by atoms with van der Waals surface area (Å²) < 4.78 is 5.06. The highest BCUT2D eigenvalue weighted by Crippen LogP contribution is 2.24. The average Bonchev–Trinajstić information content (AvgIpc) is 3.32. The van der Waals surface area contributed by atoms with Gasteiger partial charge < -0.3 is 15.4 Å². The second-order valence-electron chi connectivity index (χ2n) is 5.08. The zero-order valence-electron chi connectivity index (χ0n) is 12.4. The van der Waals surface area contributed by atoms with E-state index in [2.05, 4.69) is 20.6 Å². The topological polar surface area (TPSA) is 76.1 Å². The van der Waals surface area contributed by atoms with Crippen molar-refractivity contribution in [2.75, 3.05) is 17.2 Å². The Morgan fingerprint density at radius 1 is 1.32 bits per heavy atom. The molecule has 1 fully saturated rings. The van der Waals surface area contributed by atoms with Gasteiger partial charge in [-0.2, -0.15) is 4.98 Å². The molecular weight excluding hydrogens is 280 g/mol. The molecule has 0 bridgehead atoms. The van der Waals surface area contributed by atoms with Crippen molar-refractivity contribution in [2.45, 2.75) is 25.8 Å². The lowest BCUT2D eigenvalue weighted by Gasteiger charge is -2.11. The van der Waals surface area contributed by atoms with Gasteiger partial charge in [0.05, 0.1) is 17.9 Å². The standard InChI is InChI=1S/C16H18N4O2/c1-2-22-15(21)12-5-3-4-6-13(12)19-16-17-10-9-14(20-16)18-11-7-8-11/h3-6,9-11H,2,7-8H2,1H3,(H2,17,18,19,20). The minimum absolute atomic E-state index is 0.338. The molecule has 0 spiro atoms. The Hall–Kier alpha value is -2.63. The first-order valence-electron chi connectivity index (χ1n) is 7.39. The third-order valence-electron chi connectivity index (χ3n) is 3.25. The number of benzene rings is 1. The van der Waals surface area contributed by atoms with Crippen molar-refractivity contribution in [1.29, 1.82) is 0 Å². The number of anilines is 3. The molecule has 1 aliphatic carbocycles. The van der Waals surface area contributed by atoms with E-state index < -0.39 is 0 Å². The van der Waals surface area contributed by atoms with E-state index in [0.29, 0.717) is 29.8 Å². The molecule has 2 N–H and O–H groups in total. The Kier molecular flexibility index (Phi) is 4.18. The number of nitrogens with zero attached hydrogens (tertiary/aromatic N) is 2.